The van der Waals surface area contributed by atoms with E-state index in [4.69, 9.17) is 16.3 Å². The van der Waals surface area contributed by atoms with E-state index in [1.165, 1.54) is 23.1 Å². The number of hydrogen-bond donors (Lipinski definition) is 1. The van der Waals surface area contributed by atoms with Crippen LogP contribution in [0.5, 0.6) is 5.75 Å². The number of amides is 1. The second kappa shape index (κ2) is 9.35. The largest absolute Gasteiger partial charge is 0.486 e. The van der Waals surface area contributed by atoms with Crippen molar-refractivity contribution in [3.63, 3.8) is 0 Å². The number of nitrogens with zero attached hydrogens (tertiary/aromatic N) is 5. The van der Waals surface area contributed by atoms with Gasteiger partial charge in [-0.15, -0.1) is 20.4 Å². The molecule has 2 heterocycles. The Morgan fingerprint density at radius 2 is 2.14 bits per heavy atom. The van der Waals surface area contributed by atoms with E-state index >= 15 is 0 Å². The van der Waals surface area contributed by atoms with Crippen LogP contribution in [0.3, 0.4) is 0 Å². The Morgan fingerprint density at radius 3 is 2.86 bits per heavy atom. The maximum absolute atomic E-state index is 12.1. The SMILES string of the molecule is CCc1nnc(NC(=O)CSc2nnc(COc3ccc(Cl)c(C)c3)n2C)s1. The molecule has 3 rings (SSSR count). The molecule has 1 N–H and O–H groups in total. The Labute approximate surface area is 175 Å². The molecule has 0 fully saturated rings. The van der Waals surface area contributed by atoms with Crippen LogP contribution in [-0.2, 0) is 24.9 Å². The number of benzene rings is 1. The standard InChI is InChI=1S/C17H19ClN6O2S2/c1-4-15-21-22-16(28-15)19-14(25)9-27-17-23-20-13(24(17)3)8-26-11-5-6-12(18)10(2)7-11/h5-7H,4,8-9H2,1-3H3,(H,19,22,25). The summed E-state index contributed by atoms with van der Waals surface area (Å²) in [6.07, 6.45) is 0.793. The van der Waals surface area contributed by atoms with Crippen molar-refractivity contribution in [2.75, 3.05) is 11.1 Å². The monoisotopic (exact) mass is 438 g/mol. The van der Waals surface area contributed by atoms with Gasteiger partial charge in [-0.3, -0.25) is 10.1 Å². The number of rotatable bonds is 8. The summed E-state index contributed by atoms with van der Waals surface area (Å²) in [5, 5.41) is 21.6. The Morgan fingerprint density at radius 1 is 1.32 bits per heavy atom. The van der Waals surface area contributed by atoms with Gasteiger partial charge in [-0.2, -0.15) is 0 Å². The molecule has 148 valence electrons. The third-order valence-corrected chi connectivity index (χ3v) is 6.20. The highest BCUT2D eigenvalue weighted by Crippen LogP contribution is 2.22. The van der Waals surface area contributed by atoms with Gasteiger partial charge in [0, 0.05) is 12.1 Å². The summed E-state index contributed by atoms with van der Waals surface area (Å²) in [5.74, 6) is 1.40. The minimum absolute atomic E-state index is 0.166. The van der Waals surface area contributed by atoms with Crippen molar-refractivity contribution in [1.82, 2.24) is 25.0 Å². The van der Waals surface area contributed by atoms with Crippen molar-refractivity contribution in [1.29, 1.82) is 0 Å². The first-order valence-electron chi connectivity index (χ1n) is 8.48. The Balaban J connectivity index is 1.52. The Bertz CT molecular complexity index is 974. The predicted molar refractivity (Wildman–Crippen MR) is 110 cm³/mol. The van der Waals surface area contributed by atoms with Crippen molar-refractivity contribution in [3.05, 3.63) is 39.6 Å². The maximum Gasteiger partial charge on any atom is 0.236 e. The molecular weight excluding hydrogens is 420 g/mol. The van der Waals surface area contributed by atoms with Crippen molar-refractivity contribution < 1.29 is 9.53 Å². The average molecular weight is 439 g/mol. The summed E-state index contributed by atoms with van der Waals surface area (Å²) >= 11 is 8.69. The van der Waals surface area contributed by atoms with Crippen LogP contribution in [0.1, 0.15) is 23.3 Å². The number of anilines is 1. The van der Waals surface area contributed by atoms with Gasteiger partial charge in [0.25, 0.3) is 0 Å². The zero-order valence-electron chi connectivity index (χ0n) is 15.6. The molecule has 1 amide bonds. The van der Waals surface area contributed by atoms with Gasteiger partial charge in [0.15, 0.2) is 11.0 Å². The fraction of sp³-hybridized carbons (Fsp3) is 0.353. The molecule has 1 aromatic carbocycles. The molecule has 28 heavy (non-hydrogen) atoms. The molecule has 0 spiro atoms. The molecule has 0 aliphatic carbocycles. The summed E-state index contributed by atoms with van der Waals surface area (Å²) in [7, 11) is 1.84. The van der Waals surface area contributed by atoms with Crippen LogP contribution in [0, 0.1) is 6.92 Å². The number of hydrogen-bond acceptors (Lipinski definition) is 8. The quantitative estimate of drug-likeness (QED) is 0.537. The summed E-state index contributed by atoms with van der Waals surface area (Å²) in [5.41, 5.74) is 0.945. The van der Waals surface area contributed by atoms with Crippen LogP contribution < -0.4 is 10.1 Å². The van der Waals surface area contributed by atoms with E-state index < -0.39 is 0 Å². The number of carbonyl (C=O) groups excluding carboxylic acids is 1. The normalized spacial score (nSPS) is 10.9. The highest BCUT2D eigenvalue weighted by Gasteiger charge is 2.13. The van der Waals surface area contributed by atoms with Gasteiger partial charge in [0.2, 0.25) is 11.0 Å². The van der Waals surface area contributed by atoms with Gasteiger partial charge in [-0.25, -0.2) is 0 Å². The third kappa shape index (κ3) is 5.21. The maximum atomic E-state index is 12.1. The number of thioether (sulfide) groups is 1. The molecular formula is C17H19ClN6O2S2. The van der Waals surface area contributed by atoms with E-state index in [-0.39, 0.29) is 18.3 Å². The van der Waals surface area contributed by atoms with Crippen LogP contribution >= 0.6 is 34.7 Å². The van der Waals surface area contributed by atoms with Gasteiger partial charge in [-0.05, 0) is 37.1 Å². The van der Waals surface area contributed by atoms with E-state index in [9.17, 15) is 4.79 Å². The average Bonchev–Trinajstić information content (AvgIpc) is 3.27. The molecule has 2 aromatic heterocycles. The van der Waals surface area contributed by atoms with E-state index in [0.29, 0.717) is 26.9 Å². The molecule has 0 radical (unpaired) electrons. The highest BCUT2D eigenvalue weighted by molar-refractivity contribution is 7.99. The van der Waals surface area contributed by atoms with Crippen molar-refractivity contribution in [2.24, 2.45) is 7.05 Å². The third-order valence-electron chi connectivity index (χ3n) is 3.77. The lowest BCUT2D eigenvalue weighted by Crippen LogP contribution is -2.14. The smallest absolute Gasteiger partial charge is 0.236 e. The summed E-state index contributed by atoms with van der Waals surface area (Å²) in [6.45, 7) is 4.18. The molecule has 8 nitrogen and oxygen atoms in total. The van der Waals surface area contributed by atoms with E-state index in [1.807, 2.05) is 33.0 Å². The number of nitrogens with one attached hydrogen (secondary N) is 1. The number of aromatic nitrogens is 5. The number of aryl methyl sites for hydroxylation is 2. The number of carbonyl (C=O) groups is 1. The van der Waals surface area contributed by atoms with Gasteiger partial charge in [-0.1, -0.05) is 41.6 Å². The molecule has 0 atom stereocenters. The minimum Gasteiger partial charge on any atom is -0.486 e. The van der Waals surface area contributed by atoms with Crippen molar-refractivity contribution >= 4 is 45.7 Å². The molecule has 0 unspecified atom stereocenters. The summed E-state index contributed by atoms with van der Waals surface area (Å²) in [4.78, 5) is 12.1. The van der Waals surface area contributed by atoms with Crippen LogP contribution in [0.25, 0.3) is 0 Å². The fourth-order valence-electron chi connectivity index (χ4n) is 2.18. The zero-order valence-corrected chi connectivity index (χ0v) is 18.0. The topological polar surface area (TPSA) is 94.8 Å². The lowest BCUT2D eigenvalue weighted by atomic mass is 10.2. The van der Waals surface area contributed by atoms with Gasteiger partial charge in [0.1, 0.15) is 17.4 Å². The highest BCUT2D eigenvalue weighted by atomic mass is 35.5. The Kier molecular flexibility index (Phi) is 6.87. The van der Waals surface area contributed by atoms with Crippen LogP contribution in [-0.4, -0.2) is 36.6 Å². The van der Waals surface area contributed by atoms with Gasteiger partial charge < -0.3 is 9.30 Å². The van der Waals surface area contributed by atoms with E-state index in [1.54, 1.807) is 10.6 Å². The number of ether oxygens (including phenoxy) is 1. The van der Waals surface area contributed by atoms with E-state index in [2.05, 4.69) is 25.7 Å². The summed E-state index contributed by atoms with van der Waals surface area (Å²) in [6, 6.07) is 5.48. The molecule has 0 aliphatic heterocycles. The first kappa shape index (κ1) is 20.6. The van der Waals surface area contributed by atoms with Crippen molar-refractivity contribution in [2.45, 2.75) is 32.0 Å². The second-order valence-corrected chi connectivity index (χ2v) is 8.26. The second-order valence-electron chi connectivity index (χ2n) is 5.85. The first-order chi connectivity index (χ1) is 13.5. The van der Waals surface area contributed by atoms with E-state index in [0.717, 1.165) is 17.0 Å². The minimum atomic E-state index is -0.166. The molecule has 3 aromatic rings. The fourth-order valence-corrected chi connectivity index (χ4v) is 3.73. The summed E-state index contributed by atoms with van der Waals surface area (Å²) < 4.78 is 7.56. The number of halogens is 1. The molecule has 0 bridgehead atoms. The molecule has 0 saturated carbocycles. The van der Waals surface area contributed by atoms with Crippen LogP contribution in [0.2, 0.25) is 5.02 Å². The molecule has 0 aliphatic rings. The van der Waals surface area contributed by atoms with Gasteiger partial charge >= 0.3 is 0 Å². The first-order valence-corrected chi connectivity index (χ1v) is 10.7. The predicted octanol–water partition coefficient (Wildman–Crippen LogP) is 3.50. The van der Waals surface area contributed by atoms with Crippen LogP contribution in [0.15, 0.2) is 23.4 Å². The lowest BCUT2D eigenvalue weighted by Gasteiger charge is -2.08. The Hall–Kier alpha value is -2.17. The molecule has 0 saturated heterocycles. The van der Waals surface area contributed by atoms with Gasteiger partial charge in [0.05, 0.1) is 5.75 Å². The lowest BCUT2D eigenvalue weighted by molar-refractivity contribution is -0.113. The zero-order chi connectivity index (χ0) is 20.1. The van der Waals surface area contributed by atoms with Crippen LogP contribution in [0.4, 0.5) is 5.13 Å². The van der Waals surface area contributed by atoms with Crippen molar-refractivity contribution in [3.8, 4) is 5.75 Å². The molecule has 11 heteroatoms.